The molecule has 0 atom stereocenters. The van der Waals surface area contributed by atoms with Crippen molar-refractivity contribution in [1.29, 1.82) is 0 Å². The van der Waals surface area contributed by atoms with Crippen LogP contribution in [0.4, 0.5) is 5.69 Å². The number of carbonyl (C=O) groups is 1. The Morgan fingerprint density at radius 3 is 2.73 bits per heavy atom. The molecule has 1 amide bonds. The van der Waals surface area contributed by atoms with Gasteiger partial charge in [0.2, 0.25) is 5.91 Å². The van der Waals surface area contributed by atoms with E-state index in [1.54, 1.807) is 25.3 Å². The molecule has 5 heteroatoms. The van der Waals surface area contributed by atoms with Gasteiger partial charge in [0.1, 0.15) is 17.3 Å². The largest absolute Gasteiger partial charge is 0.495 e. The number of aryl methyl sites for hydroxylation is 1. The van der Waals surface area contributed by atoms with E-state index in [4.69, 9.17) is 20.8 Å². The molecule has 2 aromatic carbocycles. The Balaban J connectivity index is 1.72. The lowest BCUT2D eigenvalue weighted by Crippen LogP contribution is -2.09. The number of hydrogen-bond acceptors (Lipinski definition) is 3. The summed E-state index contributed by atoms with van der Waals surface area (Å²) < 4.78 is 11.0. The van der Waals surface area contributed by atoms with Crippen molar-refractivity contribution < 1.29 is 13.9 Å². The molecule has 0 unspecified atom stereocenters. The number of methoxy groups -OCH3 is 1. The molecule has 0 spiro atoms. The molecule has 0 radical (unpaired) electrons. The summed E-state index contributed by atoms with van der Waals surface area (Å²) in [4.78, 5) is 12.2. The lowest BCUT2D eigenvalue weighted by Gasteiger charge is -2.09. The topological polar surface area (TPSA) is 51.5 Å². The van der Waals surface area contributed by atoms with Crippen LogP contribution in [0.25, 0.3) is 17.4 Å². The molecule has 0 aliphatic heterocycles. The van der Waals surface area contributed by atoms with Crippen LogP contribution >= 0.6 is 11.6 Å². The van der Waals surface area contributed by atoms with Crippen molar-refractivity contribution in [3.05, 3.63) is 77.0 Å². The molecular weight excluding hydrogens is 350 g/mol. The van der Waals surface area contributed by atoms with Crippen LogP contribution in [0, 0.1) is 6.92 Å². The molecule has 0 saturated heterocycles. The lowest BCUT2D eigenvalue weighted by atomic mass is 10.2. The third-order valence-corrected chi connectivity index (χ3v) is 4.11. The Morgan fingerprint density at radius 2 is 1.96 bits per heavy atom. The number of nitrogens with one attached hydrogen (secondary N) is 1. The van der Waals surface area contributed by atoms with Crippen molar-refractivity contribution in [3.8, 4) is 17.1 Å². The van der Waals surface area contributed by atoms with E-state index in [9.17, 15) is 4.79 Å². The molecule has 1 aromatic heterocycles. The SMILES string of the molecule is COc1ccc(C)cc1NC(=O)/C=C/c1ccc(-c2ccccc2Cl)o1. The number of halogens is 1. The highest BCUT2D eigenvalue weighted by Crippen LogP contribution is 2.29. The number of hydrogen-bond donors (Lipinski definition) is 1. The quantitative estimate of drug-likeness (QED) is 0.600. The van der Waals surface area contributed by atoms with Gasteiger partial charge in [-0.15, -0.1) is 0 Å². The van der Waals surface area contributed by atoms with E-state index in [-0.39, 0.29) is 5.91 Å². The van der Waals surface area contributed by atoms with Gasteiger partial charge < -0.3 is 14.5 Å². The van der Waals surface area contributed by atoms with E-state index in [1.807, 2.05) is 49.4 Å². The van der Waals surface area contributed by atoms with Gasteiger partial charge in [0, 0.05) is 11.6 Å². The predicted octanol–water partition coefficient (Wildman–Crippen LogP) is 5.57. The van der Waals surface area contributed by atoms with Crippen LogP contribution in [-0.2, 0) is 4.79 Å². The minimum Gasteiger partial charge on any atom is -0.495 e. The molecule has 1 N–H and O–H groups in total. The second kappa shape index (κ2) is 7.93. The number of amides is 1. The molecular formula is C21H18ClNO3. The normalized spacial score (nSPS) is 10.9. The minimum atomic E-state index is -0.274. The first kappa shape index (κ1) is 17.8. The number of rotatable bonds is 5. The molecule has 0 aliphatic rings. The Bertz CT molecular complexity index is 959. The summed E-state index contributed by atoms with van der Waals surface area (Å²) in [5, 5.41) is 3.42. The first-order valence-corrected chi connectivity index (χ1v) is 8.43. The Morgan fingerprint density at radius 1 is 1.15 bits per heavy atom. The third-order valence-electron chi connectivity index (χ3n) is 3.78. The highest BCUT2D eigenvalue weighted by atomic mass is 35.5. The van der Waals surface area contributed by atoms with Crippen molar-refractivity contribution in [2.45, 2.75) is 6.92 Å². The van der Waals surface area contributed by atoms with Gasteiger partial charge in [-0.25, -0.2) is 0 Å². The molecule has 132 valence electrons. The van der Waals surface area contributed by atoms with Crippen LogP contribution in [0.3, 0.4) is 0 Å². The van der Waals surface area contributed by atoms with E-state index >= 15 is 0 Å². The molecule has 0 saturated carbocycles. The maximum Gasteiger partial charge on any atom is 0.248 e. The lowest BCUT2D eigenvalue weighted by molar-refractivity contribution is -0.111. The molecule has 3 rings (SSSR count). The van der Waals surface area contributed by atoms with Crippen LogP contribution in [0.5, 0.6) is 5.75 Å². The number of anilines is 1. The predicted molar refractivity (Wildman–Crippen MR) is 105 cm³/mol. The van der Waals surface area contributed by atoms with Gasteiger partial charge in [-0.1, -0.05) is 29.8 Å². The maximum atomic E-state index is 12.2. The Kier molecular flexibility index (Phi) is 5.44. The monoisotopic (exact) mass is 367 g/mol. The van der Waals surface area contributed by atoms with Gasteiger partial charge >= 0.3 is 0 Å². The van der Waals surface area contributed by atoms with Gasteiger partial charge in [0.15, 0.2) is 0 Å². The first-order chi connectivity index (χ1) is 12.6. The van der Waals surface area contributed by atoms with Crippen LogP contribution in [0.2, 0.25) is 5.02 Å². The van der Waals surface area contributed by atoms with Crippen molar-refractivity contribution in [2.24, 2.45) is 0 Å². The number of benzene rings is 2. The van der Waals surface area contributed by atoms with Gasteiger partial charge in [0.05, 0.1) is 17.8 Å². The third kappa shape index (κ3) is 4.16. The van der Waals surface area contributed by atoms with Crippen LogP contribution in [-0.4, -0.2) is 13.0 Å². The van der Waals surface area contributed by atoms with E-state index in [0.29, 0.717) is 28.0 Å². The van der Waals surface area contributed by atoms with Gasteiger partial charge in [-0.2, -0.15) is 0 Å². The fraction of sp³-hybridized carbons (Fsp3) is 0.0952. The summed E-state index contributed by atoms with van der Waals surface area (Å²) in [6.45, 7) is 1.95. The van der Waals surface area contributed by atoms with Crippen LogP contribution < -0.4 is 10.1 Å². The van der Waals surface area contributed by atoms with E-state index in [2.05, 4.69) is 5.32 Å². The highest BCUT2D eigenvalue weighted by Gasteiger charge is 2.08. The second-order valence-electron chi connectivity index (χ2n) is 5.71. The molecule has 3 aromatic rings. The number of carbonyl (C=O) groups excluding carboxylic acids is 1. The van der Waals surface area contributed by atoms with Crippen molar-refractivity contribution in [1.82, 2.24) is 0 Å². The Labute approximate surface area is 157 Å². The summed E-state index contributed by atoms with van der Waals surface area (Å²) in [6, 6.07) is 16.6. The summed E-state index contributed by atoms with van der Waals surface area (Å²) in [6.07, 6.45) is 3.02. The minimum absolute atomic E-state index is 0.274. The molecule has 0 fully saturated rings. The zero-order valence-corrected chi connectivity index (χ0v) is 15.2. The van der Waals surface area contributed by atoms with Crippen molar-refractivity contribution in [2.75, 3.05) is 12.4 Å². The van der Waals surface area contributed by atoms with Gasteiger partial charge in [-0.3, -0.25) is 4.79 Å². The van der Waals surface area contributed by atoms with Crippen molar-refractivity contribution >= 4 is 29.3 Å². The molecule has 0 aliphatic carbocycles. The number of ether oxygens (including phenoxy) is 1. The molecule has 1 heterocycles. The van der Waals surface area contributed by atoms with Crippen LogP contribution in [0.15, 0.2) is 65.1 Å². The molecule has 0 bridgehead atoms. The zero-order valence-electron chi connectivity index (χ0n) is 14.5. The fourth-order valence-corrected chi connectivity index (χ4v) is 2.73. The van der Waals surface area contributed by atoms with Crippen LogP contribution in [0.1, 0.15) is 11.3 Å². The highest BCUT2D eigenvalue weighted by molar-refractivity contribution is 6.33. The zero-order chi connectivity index (χ0) is 18.5. The maximum absolute atomic E-state index is 12.2. The smallest absolute Gasteiger partial charge is 0.248 e. The van der Waals surface area contributed by atoms with Crippen molar-refractivity contribution in [3.63, 3.8) is 0 Å². The Hall–Kier alpha value is -2.98. The average molecular weight is 368 g/mol. The van der Waals surface area contributed by atoms with Gasteiger partial charge in [0.25, 0.3) is 0 Å². The van der Waals surface area contributed by atoms with Gasteiger partial charge in [-0.05, 0) is 55.0 Å². The van der Waals surface area contributed by atoms with E-state index in [1.165, 1.54) is 6.08 Å². The fourth-order valence-electron chi connectivity index (χ4n) is 2.50. The summed E-state index contributed by atoms with van der Waals surface area (Å²) in [5.41, 5.74) is 2.46. The second-order valence-corrected chi connectivity index (χ2v) is 6.12. The summed E-state index contributed by atoms with van der Waals surface area (Å²) >= 11 is 6.17. The number of furan rings is 1. The molecule has 4 nitrogen and oxygen atoms in total. The first-order valence-electron chi connectivity index (χ1n) is 8.05. The molecule has 26 heavy (non-hydrogen) atoms. The average Bonchev–Trinajstić information content (AvgIpc) is 3.09. The standard InChI is InChI=1S/C21H18ClNO3/c1-14-7-10-20(25-2)18(13-14)23-21(24)12-9-15-8-11-19(26-15)16-5-3-4-6-17(16)22/h3-13H,1-2H3,(H,23,24)/b12-9+. The summed E-state index contributed by atoms with van der Waals surface area (Å²) in [7, 11) is 1.56. The summed E-state index contributed by atoms with van der Waals surface area (Å²) in [5.74, 6) is 1.54. The van der Waals surface area contributed by atoms with E-state index in [0.717, 1.165) is 11.1 Å². The van der Waals surface area contributed by atoms with E-state index < -0.39 is 0 Å².